The van der Waals surface area contributed by atoms with Crippen LogP contribution in [-0.4, -0.2) is 23.8 Å². The fourth-order valence-electron chi connectivity index (χ4n) is 2.76. The molecule has 1 amide bonds. The summed E-state index contributed by atoms with van der Waals surface area (Å²) in [6.07, 6.45) is -0.269. The van der Waals surface area contributed by atoms with Crippen LogP contribution in [0.15, 0.2) is 53.0 Å². The molecule has 22 heavy (non-hydrogen) atoms. The zero-order chi connectivity index (χ0) is 15.9. The van der Waals surface area contributed by atoms with Crippen molar-refractivity contribution < 1.29 is 14.7 Å². The third kappa shape index (κ3) is 2.26. The first-order valence-corrected chi connectivity index (χ1v) is 7.61. The van der Waals surface area contributed by atoms with Crippen molar-refractivity contribution in [1.29, 1.82) is 0 Å². The highest BCUT2D eigenvalue weighted by atomic mass is 79.9. The molecule has 0 radical (unpaired) electrons. The molecule has 1 N–H and O–H groups in total. The smallest absolute Gasteiger partial charge is 0.263 e. The van der Waals surface area contributed by atoms with E-state index in [2.05, 4.69) is 15.9 Å². The van der Waals surface area contributed by atoms with Crippen LogP contribution in [0.5, 0.6) is 0 Å². The molecule has 1 aliphatic heterocycles. The van der Waals surface area contributed by atoms with Crippen molar-refractivity contribution in [3.05, 3.63) is 64.1 Å². The number of carbonyl (C=O) groups is 2. The summed E-state index contributed by atoms with van der Waals surface area (Å²) in [4.78, 5) is 26.2. The van der Waals surface area contributed by atoms with Crippen molar-refractivity contribution in [2.45, 2.75) is 12.0 Å². The summed E-state index contributed by atoms with van der Waals surface area (Å²) in [6, 6.07) is 13.9. The summed E-state index contributed by atoms with van der Waals surface area (Å²) in [6.45, 7) is 0. The van der Waals surface area contributed by atoms with Gasteiger partial charge in [-0.2, -0.15) is 0 Å². The second-order valence-electron chi connectivity index (χ2n) is 5.35. The maximum absolute atomic E-state index is 12.4. The topological polar surface area (TPSA) is 57.6 Å². The number of aliphatic hydroxyl groups is 1. The number of hydrogen-bond donors (Lipinski definition) is 1. The first-order chi connectivity index (χ1) is 10.4. The SMILES string of the molecule is CN1C(=O)[C@@](O)(CC(=O)c2ccc(Br)cc2)c2ccccc21. The summed E-state index contributed by atoms with van der Waals surface area (Å²) < 4.78 is 0.866. The molecule has 0 spiro atoms. The number of likely N-dealkylation sites (N-methyl/N-ethyl adjacent to an activating group) is 1. The van der Waals surface area contributed by atoms with Crippen LogP contribution in [0.4, 0.5) is 5.69 Å². The van der Waals surface area contributed by atoms with Crippen molar-refractivity contribution in [3.63, 3.8) is 0 Å². The van der Waals surface area contributed by atoms with E-state index < -0.39 is 11.5 Å². The third-order valence-corrected chi connectivity index (χ3v) is 4.48. The van der Waals surface area contributed by atoms with E-state index in [9.17, 15) is 14.7 Å². The first kappa shape index (κ1) is 14.9. The minimum atomic E-state index is -1.80. The highest BCUT2D eigenvalue weighted by Gasteiger charge is 2.49. The quantitative estimate of drug-likeness (QED) is 0.857. The Morgan fingerprint density at radius 2 is 1.82 bits per heavy atom. The van der Waals surface area contributed by atoms with Gasteiger partial charge in [0.15, 0.2) is 11.4 Å². The number of para-hydroxylation sites is 1. The van der Waals surface area contributed by atoms with Crippen LogP contribution in [0.25, 0.3) is 0 Å². The Bertz CT molecular complexity index is 757. The maximum atomic E-state index is 12.4. The molecule has 112 valence electrons. The number of carbonyl (C=O) groups excluding carboxylic acids is 2. The van der Waals surface area contributed by atoms with Crippen LogP contribution in [0, 0.1) is 0 Å². The number of nitrogens with zero attached hydrogens (tertiary/aromatic N) is 1. The molecule has 0 saturated carbocycles. The average molecular weight is 360 g/mol. The van der Waals surface area contributed by atoms with Gasteiger partial charge in [-0.15, -0.1) is 0 Å². The minimum Gasteiger partial charge on any atom is -0.375 e. The molecule has 0 bridgehead atoms. The molecule has 1 heterocycles. The number of ketones is 1. The maximum Gasteiger partial charge on any atom is 0.263 e. The lowest BCUT2D eigenvalue weighted by molar-refractivity contribution is -0.135. The van der Waals surface area contributed by atoms with Crippen LogP contribution in [0.1, 0.15) is 22.3 Å². The molecule has 2 aromatic rings. The van der Waals surface area contributed by atoms with E-state index in [-0.39, 0.29) is 12.2 Å². The van der Waals surface area contributed by atoms with E-state index in [1.165, 1.54) is 4.90 Å². The molecule has 2 aromatic carbocycles. The van der Waals surface area contributed by atoms with Gasteiger partial charge >= 0.3 is 0 Å². The highest BCUT2D eigenvalue weighted by molar-refractivity contribution is 9.10. The number of fused-ring (bicyclic) bond motifs is 1. The van der Waals surface area contributed by atoms with Crippen LogP contribution >= 0.6 is 15.9 Å². The van der Waals surface area contributed by atoms with Gasteiger partial charge in [-0.05, 0) is 18.2 Å². The summed E-state index contributed by atoms with van der Waals surface area (Å²) in [5.74, 6) is -0.743. The number of anilines is 1. The summed E-state index contributed by atoms with van der Waals surface area (Å²) in [5.41, 5.74) is -0.210. The van der Waals surface area contributed by atoms with Crippen molar-refractivity contribution in [1.82, 2.24) is 0 Å². The largest absolute Gasteiger partial charge is 0.375 e. The van der Waals surface area contributed by atoms with Crippen LogP contribution in [-0.2, 0) is 10.4 Å². The molecule has 5 heteroatoms. The summed E-state index contributed by atoms with van der Waals surface area (Å²) >= 11 is 3.31. The van der Waals surface area contributed by atoms with E-state index in [1.54, 1.807) is 55.6 Å². The Kier molecular flexibility index (Phi) is 3.62. The molecular weight excluding hydrogens is 346 g/mol. The predicted molar refractivity (Wildman–Crippen MR) is 86.8 cm³/mol. The number of hydrogen-bond acceptors (Lipinski definition) is 3. The van der Waals surface area contributed by atoms with E-state index in [4.69, 9.17) is 0 Å². The lowest BCUT2D eigenvalue weighted by Crippen LogP contribution is -2.40. The Balaban J connectivity index is 1.95. The number of amides is 1. The van der Waals surface area contributed by atoms with E-state index in [0.29, 0.717) is 16.8 Å². The molecule has 0 aliphatic carbocycles. The van der Waals surface area contributed by atoms with E-state index in [1.807, 2.05) is 0 Å². The lowest BCUT2D eigenvalue weighted by Gasteiger charge is -2.21. The number of rotatable bonds is 3. The predicted octanol–water partition coefficient (Wildman–Crippen LogP) is 2.89. The van der Waals surface area contributed by atoms with Crippen molar-refractivity contribution in [2.75, 3.05) is 11.9 Å². The molecule has 1 aliphatic rings. The number of halogens is 1. The average Bonchev–Trinajstić information content (AvgIpc) is 2.70. The van der Waals surface area contributed by atoms with Gasteiger partial charge in [0, 0.05) is 22.6 Å². The van der Waals surface area contributed by atoms with Crippen LogP contribution in [0.3, 0.4) is 0 Å². The fourth-order valence-corrected chi connectivity index (χ4v) is 3.02. The Morgan fingerprint density at radius 1 is 1.18 bits per heavy atom. The fraction of sp³-hybridized carbons (Fsp3) is 0.176. The third-order valence-electron chi connectivity index (χ3n) is 3.95. The minimum absolute atomic E-state index is 0.269. The molecular formula is C17H14BrNO3. The van der Waals surface area contributed by atoms with Gasteiger partial charge in [-0.3, -0.25) is 9.59 Å². The molecule has 0 fully saturated rings. The van der Waals surface area contributed by atoms with E-state index >= 15 is 0 Å². The second kappa shape index (κ2) is 5.34. The van der Waals surface area contributed by atoms with Gasteiger partial charge in [0.2, 0.25) is 0 Å². The van der Waals surface area contributed by atoms with Gasteiger partial charge in [-0.25, -0.2) is 0 Å². The molecule has 0 aromatic heterocycles. The van der Waals surface area contributed by atoms with Crippen LogP contribution < -0.4 is 4.90 Å². The number of Topliss-reactive ketones (excluding diaryl/α,β-unsaturated/α-hetero) is 1. The van der Waals surface area contributed by atoms with Gasteiger partial charge in [0.1, 0.15) is 0 Å². The Hall–Kier alpha value is -1.98. The lowest BCUT2D eigenvalue weighted by atomic mass is 9.88. The van der Waals surface area contributed by atoms with Crippen molar-refractivity contribution >= 4 is 33.3 Å². The molecule has 4 nitrogen and oxygen atoms in total. The standard InChI is InChI=1S/C17H14BrNO3/c1-19-14-5-3-2-4-13(14)17(22,16(19)21)10-15(20)11-6-8-12(18)9-7-11/h2-9,22H,10H2,1H3/t17-/m1/s1. The Labute approximate surface area is 136 Å². The normalized spacial score (nSPS) is 20.1. The van der Waals surface area contributed by atoms with Gasteiger partial charge in [0.05, 0.1) is 12.1 Å². The van der Waals surface area contributed by atoms with Crippen LogP contribution in [0.2, 0.25) is 0 Å². The second-order valence-corrected chi connectivity index (χ2v) is 6.26. The van der Waals surface area contributed by atoms with Gasteiger partial charge in [-0.1, -0.05) is 46.3 Å². The summed E-state index contributed by atoms with van der Waals surface area (Å²) in [5, 5.41) is 10.8. The van der Waals surface area contributed by atoms with E-state index in [0.717, 1.165) is 4.47 Å². The van der Waals surface area contributed by atoms with Crippen molar-refractivity contribution in [2.24, 2.45) is 0 Å². The zero-order valence-electron chi connectivity index (χ0n) is 11.9. The first-order valence-electron chi connectivity index (χ1n) is 6.82. The zero-order valence-corrected chi connectivity index (χ0v) is 13.5. The molecule has 3 rings (SSSR count). The summed E-state index contributed by atoms with van der Waals surface area (Å²) in [7, 11) is 1.60. The Morgan fingerprint density at radius 3 is 2.50 bits per heavy atom. The molecule has 1 atom stereocenters. The van der Waals surface area contributed by atoms with Gasteiger partial charge < -0.3 is 10.0 Å². The van der Waals surface area contributed by atoms with Crippen molar-refractivity contribution in [3.8, 4) is 0 Å². The highest BCUT2D eigenvalue weighted by Crippen LogP contribution is 2.41. The molecule has 0 saturated heterocycles. The monoisotopic (exact) mass is 359 g/mol. The van der Waals surface area contributed by atoms with Gasteiger partial charge in [0.25, 0.3) is 5.91 Å². The number of benzene rings is 2. The molecule has 0 unspecified atom stereocenters.